The molecule has 41 heavy (non-hydrogen) atoms. The number of phenols is 1. The normalized spacial score (nSPS) is 34.7. The Labute approximate surface area is 234 Å². The number of ether oxygens (including phenoxy) is 1. The first kappa shape index (κ1) is 27.9. The van der Waals surface area contributed by atoms with Gasteiger partial charge in [-0.1, -0.05) is 6.07 Å². The van der Waals surface area contributed by atoms with Crippen molar-refractivity contribution in [2.45, 2.75) is 92.8 Å². The highest BCUT2D eigenvalue weighted by molar-refractivity contribution is 6.02. The molecule has 222 valence electrons. The third kappa shape index (κ3) is 4.04. The molecule has 7 atom stereocenters. The zero-order chi connectivity index (χ0) is 29.4. The van der Waals surface area contributed by atoms with Gasteiger partial charge in [0.1, 0.15) is 6.10 Å². The van der Waals surface area contributed by atoms with Crippen LogP contribution in [0.25, 0.3) is 0 Å². The number of imide groups is 1. The molecule has 2 saturated carbocycles. The maximum Gasteiger partial charge on any atom is 0.335 e. The maximum absolute atomic E-state index is 12.6. The van der Waals surface area contributed by atoms with Crippen LogP contribution in [-0.4, -0.2) is 113 Å². The third-order valence-corrected chi connectivity index (χ3v) is 9.96. The largest absolute Gasteiger partial charge is 0.504 e. The number of aliphatic hydroxyl groups excluding tert-OH is 2. The van der Waals surface area contributed by atoms with Crippen LogP contribution in [0.4, 0.5) is 0 Å². The molecular weight excluding hydrogens is 540 g/mol. The van der Waals surface area contributed by atoms with Gasteiger partial charge in [-0.3, -0.25) is 19.4 Å². The lowest BCUT2D eigenvalue weighted by atomic mass is 9.48. The molecule has 1 aromatic rings. The van der Waals surface area contributed by atoms with Crippen molar-refractivity contribution < 1.29 is 54.6 Å². The number of aromatic hydroxyl groups is 1. The predicted octanol–water partition coefficient (Wildman–Crippen LogP) is -0.649. The van der Waals surface area contributed by atoms with Crippen LogP contribution in [0.1, 0.15) is 56.1 Å². The fourth-order valence-electron chi connectivity index (χ4n) is 7.95. The molecule has 3 aliphatic heterocycles. The van der Waals surface area contributed by atoms with E-state index in [9.17, 15) is 29.4 Å². The van der Waals surface area contributed by atoms with E-state index in [0.29, 0.717) is 25.0 Å². The van der Waals surface area contributed by atoms with Gasteiger partial charge in [-0.2, -0.15) is 0 Å². The average molecular weight is 575 g/mol. The first-order chi connectivity index (χ1) is 19.4. The zero-order valence-corrected chi connectivity index (χ0v) is 22.3. The fraction of sp³-hybridized carbons (Fsp3) is 0.643. The van der Waals surface area contributed by atoms with E-state index in [0.717, 1.165) is 36.6 Å². The summed E-state index contributed by atoms with van der Waals surface area (Å²) < 4.78 is 6.45. The van der Waals surface area contributed by atoms with Crippen LogP contribution in [0.5, 0.6) is 11.5 Å². The summed E-state index contributed by atoms with van der Waals surface area (Å²) in [6.45, 7) is 1.90. The molecule has 0 radical (unpaired) electrons. The van der Waals surface area contributed by atoms with Crippen molar-refractivity contribution in [1.29, 1.82) is 0 Å². The van der Waals surface area contributed by atoms with Crippen molar-refractivity contribution in [3.63, 3.8) is 0 Å². The molecule has 3 heterocycles. The molecule has 2 amide bonds. The Morgan fingerprint density at radius 2 is 1.63 bits per heavy atom. The quantitative estimate of drug-likeness (QED) is 0.235. The number of amides is 2. The van der Waals surface area contributed by atoms with Crippen molar-refractivity contribution >= 4 is 23.8 Å². The van der Waals surface area contributed by atoms with Crippen LogP contribution < -0.4 is 4.74 Å². The minimum atomic E-state index is -2.27. The molecule has 13 heteroatoms. The topological polar surface area (TPSA) is 205 Å². The van der Waals surface area contributed by atoms with E-state index in [2.05, 4.69) is 4.90 Å². The molecule has 0 aromatic heterocycles. The number of carboxylic acids is 2. The van der Waals surface area contributed by atoms with Crippen LogP contribution in [0.3, 0.4) is 0 Å². The lowest BCUT2D eigenvalue weighted by Crippen LogP contribution is -2.78. The monoisotopic (exact) mass is 574 g/mol. The Bertz CT molecular complexity index is 1280. The summed E-state index contributed by atoms with van der Waals surface area (Å²) in [5.41, 5.74) is 0.390. The second kappa shape index (κ2) is 9.65. The zero-order valence-electron chi connectivity index (χ0n) is 22.3. The second-order valence-electron chi connectivity index (χ2n) is 12.1. The summed E-state index contributed by atoms with van der Waals surface area (Å²) in [5, 5.41) is 55.6. The number of likely N-dealkylation sites (tertiary alicyclic amines) is 2. The fourth-order valence-corrected chi connectivity index (χ4v) is 7.95. The summed E-state index contributed by atoms with van der Waals surface area (Å²) in [6, 6.07) is 3.28. The van der Waals surface area contributed by atoms with Crippen LogP contribution in [0.15, 0.2) is 12.1 Å². The van der Waals surface area contributed by atoms with Crippen molar-refractivity contribution in [2.24, 2.45) is 5.92 Å². The van der Waals surface area contributed by atoms with Gasteiger partial charge in [0.15, 0.2) is 23.7 Å². The first-order valence-corrected chi connectivity index (χ1v) is 14.1. The van der Waals surface area contributed by atoms with Crippen LogP contribution in [0, 0.1) is 5.92 Å². The summed E-state index contributed by atoms with van der Waals surface area (Å²) in [7, 11) is 0. The summed E-state index contributed by atoms with van der Waals surface area (Å²) in [5.74, 6) is -2.53. The van der Waals surface area contributed by atoms with Gasteiger partial charge < -0.3 is 35.4 Å². The minimum absolute atomic E-state index is 0.00174. The van der Waals surface area contributed by atoms with Crippen LogP contribution >= 0.6 is 0 Å². The van der Waals surface area contributed by atoms with Gasteiger partial charge in [0, 0.05) is 31.0 Å². The minimum Gasteiger partial charge on any atom is -0.504 e. The number of carboxylic acid groups (broad SMARTS) is 2. The average Bonchev–Trinajstić information content (AvgIpc) is 3.59. The Kier molecular flexibility index (Phi) is 6.56. The number of aliphatic hydroxyl groups is 3. The number of benzene rings is 1. The van der Waals surface area contributed by atoms with Gasteiger partial charge in [0.2, 0.25) is 11.8 Å². The second-order valence-corrected chi connectivity index (χ2v) is 12.1. The Morgan fingerprint density at radius 1 is 1.00 bits per heavy atom. The molecule has 6 aliphatic rings. The molecule has 1 spiro atoms. The predicted molar refractivity (Wildman–Crippen MR) is 137 cm³/mol. The molecular formula is C28H34N2O11. The van der Waals surface area contributed by atoms with Gasteiger partial charge in [-0.25, -0.2) is 9.59 Å². The molecule has 2 saturated heterocycles. The molecule has 7 rings (SSSR count). The lowest BCUT2D eigenvalue weighted by molar-refractivity contribution is -0.201. The molecule has 13 nitrogen and oxygen atoms in total. The highest BCUT2D eigenvalue weighted by atomic mass is 16.5. The number of piperidine rings is 1. The Balaban J connectivity index is 0.000000262. The van der Waals surface area contributed by atoms with Gasteiger partial charge >= 0.3 is 11.9 Å². The SMILES string of the molecule is O=C(O)C(O)C(O)C(=O)O.O=C1CCC(=O)N1[C@@H]1CCC2(O)[C@H]3Cc4ccc(O)c5c4[C@@]2(CCN3CC2CC2)[C@H]1O5. The molecule has 1 aromatic carbocycles. The van der Waals surface area contributed by atoms with Crippen molar-refractivity contribution in [2.75, 3.05) is 13.1 Å². The van der Waals surface area contributed by atoms with E-state index in [1.165, 1.54) is 17.7 Å². The summed E-state index contributed by atoms with van der Waals surface area (Å²) in [4.78, 5) is 48.7. The molecule has 4 fully saturated rings. The number of hydrogen-bond donors (Lipinski definition) is 6. The highest BCUT2D eigenvalue weighted by Gasteiger charge is 2.74. The van der Waals surface area contributed by atoms with Gasteiger partial charge in [-0.05, 0) is 62.6 Å². The smallest absolute Gasteiger partial charge is 0.335 e. The van der Waals surface area contributed by atoms with Crippen molar-refractivity contribution in [3.05, 3.63) is 23.3 Å². The highest BCUT2D eigenvalue weighted by Crippen LogP contribution is 2.66. The van der Waals surface area contributed by atoms with E-state index in [-0.39, 0.29) is 36.4 Å². The number of rotatable bonds is 6. The van der Waals surface area contributed by atoms with Crippen LogP contribution in [-0.2, 0) is 31.0 Å². The van der Waals surface area contributed by atoms with E-state index in [1.54, 1.807) is 6.07 Å². The van der Waals surface area contributed by atoms with E-state index < -0.39 is 47.3 Å². The van der Waals surface area contributed by atoms with Crippen molar-refractivity contribution in [1.82, 2.24) is 9.80 Å². The molecule has 2 bridgehead atoms. The van der Waals surface area contributed by atoms with E-state index in [1.807, 2.05) is 6.07 Å². The summed E-state index contributed by atoms with van der Waals surface area (Å²) >= 11 is 0. The van der Waals surface area contributed by atoms with Gasteiger partial charge in [0.05, 0.1) is 17.1 Å². The first-order valence-electron chi connectivity index (χ1n) is 14.1. The number of carbonyl (C=O) groups excluding carboxylic acids is 2. The lowest BCUT2D eigenvalue weighted by Gasteiger charge is -2.64. The summed E-state index contributed by atoms with van der Waals surface area (Å²) in [6.07, 6.45) is 0.542. The van der Waals surface area contributed by atoms with Gasteiger partial charge in [-0.15, -0.1) is 0 Å². The van der Waals surface area contributed by atoms with Gasteiger partial charge in [0.25, 0.3) is 0 Å². The number of nitrogens with zero attached hydrogens (tertiary/aromatic N) is 2. The Morgan fingerprint density at radius 3 is 2.22 bits per heavy atom. The molecule has 6 N–H and O–H groups in total. The number of hydrogen-bond acceptors (Lipinski definition) is 10. The Hall–Kier alpha value is -3.26. The third-order valence-electron chi connectivity index (χ3n) is 9.96. The molecule has 3 unspecified atom stereocenters. The van der Waals surface area contributed by atoms with Crippen molar-refractivity contribution in [3.8, 4) is 11.5 Å². The van der Waals surface area contributed by atoms with Crippen LogP contribution in [0.2, 0.25) is 0 Å². The number of carbonyl (C=O) groups is 4. The van der Waals surface area contributed by atoms with E-state index >= 15 is 0 Å². The van der Waals surface area contributed by atoms with E-state index in [4.69, 9.17) is 25.2 Å². The number of aliphatic carboxylic acids is 2. The standard InChI is InChI=1S/C24H28N2O5.C4H6O6/c27-16-4-3-14-11-17-24(30)8-7-15(26-18(28)5-6-19(26)29)22-23(24,20(14)21(16)31-22)9-10-25(17)12-13-1-2-13;5-1(3(7)8)2(6)4(9)10/h3-4,13,15,17,22,27,30H,1-2,5-12H2;1-2,5-6H,(H,7,8)(H,9,10)/t15-,17-,22+,23+,24?;/m1./s1. The molecule has 3 aliphatic carbocycles. The number of phenolic OH excluding ortho intramolecular Hbond substituents is 1. The maximum atomic E-state index is 12.6.